The number of nitrogens with one attached hydrogen (secondary N) is 1. The highest BCUT2D eigenvalue weighted by atomic mass is 32.2. The first-order valence-electron chi connectivity index (χ1n) is 7.66. The normalized spacial score (nSPS) is 12.1. The first kappa shape index (κ1) is 17.4. The number of hydrogen-bond acceptors (Lipinski definition) is 7. The molecule has 0 aromatic carbocycles. The summed E-state index contributed by atoms with van der Waals surface area (Å²) in [5, 5.41) is 17.2. The molecular weight excluding hydrogens is 356 g/mol. The van der Waals surface area contributed by atoms with Crippen LogP contribution in [0.15, 0.2) is 23.6 Å². The van der Waals surface area contributed by atoms with Gasteiger partial charge in [0.25, 0.3) is 0 Å². The van der Waals surface area contributed by atoms with Gasteiger partial charge in [-0.3, -0.25) is 9.48 Å². The molecule has 1 atom stereocenters. The summed E-state index contributed by atoms with van der Waals surface area (Å²) in [7, 11) is 1.68. The molecule has 0 aliphatic carbocycles. The van der Waals surface area contributed by atoms with Crippen molar-refractivity contribution in [2.24, 2.45) is 7.05 Å². The van der Waals surface area contributed by atoms with Crippen LogP contribution >= 0.6 is 23.1 Å². The largest absolute Gasteiger partial charge is 0.309 e. The molecule has 128 valence electrons. The topological polar surface area (TPSA) is 96.5 Å². The second-order valence-electron chi connectivity index (χ2n) is 5.36. The number of thiophene rings is 1. The number of amides is 1. The van der Waals surface area contributed by atoms with E-state index in [0.717, 1.165) is 21.7 Å². The standard InChI is InChI=1S/C16H16N6OS2/c1-4-11-5-12-15(18-8-19-16(12)25-11)24-9(2)14(23)21-13-10(6-17)7-20-22(13)3/h5,7-9H,4H2,1-3H3,(H,21,23). The van der Waals surface area contributed by atoms with Gasteiger partial charge in [0.05, 0.1) is 11.4 Å². The maximum atomic E-state index is 12.5. The number of rotatable bonds is 5. The smallest absolute Gasteiger partial charge is 0.238 e. The molecule has 3 aromatic heterocycles. The van der Waals surface area contributed by atoms with Crippen molar-refractivity contribution in [3.05, 3.63) is 29.0 Å². The molecule has 1 N–H and O–H groups in total. The number of thioether (sulfide) groups is 1. The van der Waals surface area contributed by atoms with E-state index < -0.39 is 0 Å². The lowest BCUT2D eigenvalue weighted by molar-refractivity contribution is -0.115. The molecule has 3 heterocycles. The van der Waals surface area contributed by atoms with Crippen LogP contribution in [0.5, 0.6) is 0 Å². The first-order valence-corrected chi connectivity index (χ1v) is 9.36. The van der Waals surface area contributed by atoms with Crippen LogP contribution in [-0.2, 0) is 18.3 Å². The Hall–Kier alpha value is -2.44. The Morgan fingerprint density at radius 3 is 3.04 bits per heavy atom. The van der Waals surface area contributed by atoms with Crippen molar-refractivity contribution < 1.29 is 4.79 Å². The summed E-state index contributed by atoms with van der Waals surface area (Å²) in [6, 6.07) is 4.10. The Morgan fingerprint density at radius 2 is 2.32 bits per heavy atom. The Bertz CT molecular complexity index is 971. The van der Waals surface area contributed by atoms with Gasteiger partial charge in [-0.05, 0) is 19.4 Å². The number of aryl methyl sites for hydroxylation is 2. The molecule has 0 saturated carbocycles. The second kappa shape index (κ2) is 7.21. The summed E-state index contributed by atoms with van der Waals surface area (Å²) in [6.45, 7) is 3.91. The molecule has 0 aliphatic rings. The second-order valence-corrected chi connectivity index (χ2v) is 7.80. The zero-order valence-corrected chi connectivity index (χ0v) is 15.6. The van der Waals surface area contributed by atoms with Gasteiger partial charge in [0.15, 0.2) is 0 Å². The van der Waals surface area contributed by atoms with Crippen molar-refractivity contribution >= 4 is 45.0 Å². The van der Waals surface area contributed by atoms with Gasteiger partial charge in [0.2, 0.25) is 5.91 Å². The summed E-state index contributed by atoms with van der Waals surface area (Å²) in [6.07, 6.45) is 3.90. The molecule has 0 aliphatic heterocycles. The highest BCUT2D eigenvalue weighted by Gasteiger charge is 2.20. The van der Waals surface area contributed by atoms with E-state index in [0.29, 0.717) is 11.4 Å². The van der Waals surface area contributed by atoms with Crippen molar-refractivity contribution in [1.82, 2.24) is 19.7 Å². The van der Waals surface area contributed by atoms with Crippen molar-refractivity contribution in [3.63, 3.8) is 0 Å². The Kier molecular flexibility index (Phi) is 5.01. The molecule has 0 saturated heterocycles. The third-order valence-electron chi connectivity index (χ3n) is 3.65. The number of nitrogens with zero attached hydrogens (tertiary/aromatic N) is 5. The van der Waals surface area contributed by atoms with E-state index in [-0.39, 0.29) is 11.2 Å². The summed E-state index contributed by atoms with van der Waals surface area (Å²) in [4.78, 5) is 23.3. The molecule has 9 heteroatoms. The lowest BCUT2D eigenvalue weighted by Crippen LogP contribution is -2.24. The third kappa shape index (κ3) is 3.50. The van der Waals surface area contributed by atoms with Gasteiger partial charge >= 0.3 is 0 Å². The molecule has 0 fully saturated rings. The molecular formula is C16H16N6OS2. The minimum Gasteiger partial charge on any atom is -0.309 e. The van der Waals surface area contributed by atoms with Crippen LogP contribution in [0.1, 0.15) is 24.3 Å². The number of fused-ring (bicyclic) bond motifs is 1. The fourth-order valence-corrected chi connectivity index (χ4v) is 4.15. The van der Waals surface area contributed by atoms with E-state index in [1.54, 1.807) is 18.4 Å². The molecule has 3 rings (SSSR count). The minimum absolute atomic E-state index is 0.206. The third-order valence-corrected chi connectivity index (χ3v) is 5.95. The number of hydrogen-bond donors (Lipinski definition) is 1. The van der Waals surface area contributed by atoms with Gasteiger partial charge < -0.3 is 5.32 Å². The average molecular weight is 372 g/mol. The number of carbonyl (C=O) groups is 1. The lowest BCUT2D eigenvalue weighted by atomic mass is 10.3. The van der Waals surface area contributed by atoms with Gasteiger partial charge in [-0.25, -0.2) is 9.97 Å². The highest BCUT2D eigenvalue weighted by molar-refractivity contribution is 8.00. The monoisotopic (exact) mass is 372 g/mol. The Labute approximate surface area is 153 Å². The Balaban J connectivity index is 1.79. The van der Waals surface area contributed by atoms with Gasteiger partial charge in [-0.2, -0.15) is 10.4 Å². The van der Waals surface area contributed by atoms with Crippen LogP contribution in [0.25, 0.3) is 10.2 Å². The fourth-order valence-electron chi connectivity index (χ4n) is 2.26. The molecule has 0 bridgehead atoms. The zero-order valence-electron chi connectivity index (χ0n) is 14.0. The molecule has 7 nitrogen and oxygen atoms in total. The predicted molar refractivity (Wildman–Crippen MR) is 98.7 cm³/mol. The molecule has 0 spiro atoms. The van der Waals surface area contributed by atoms with Crippen LogP contribution in [0.3, 0.4) is 0 Å². The maximum Gasteiger partial charge on any atom is 0.238 e. The predicted octanol–water partition coefficient (Wildman–Crippen LogP) is 2.98. The van der Waals surface area contributed by atoms with Crippen molar-refractivity contribution in [3.8, 4) is 6.07 Å². The summed E-state index contributed by atoms with van der Waals surface area (Å²) in [5.41, 5.74) is 0.336. The van der Waals surface area contributed by atoms with E-state index in [9.17, 15) is 4.79 Å². The average Bonchev–Trinajstić information content (AvgIpc) is 3.19. The Morgan fingerprint density at radius 1 is 1.52 bits per heavy atom. The van der Waals surface area contributed by atoms with E-state index in [2.05, 4.69) is 33.4 Å². The zero-order chi connectivity index (χ0) is 18.0. The van der Waals surface area contributed by atoms with Crippen molar-refractivity contribution in [2.75, 3.05) is 5.32 Å². The molecule has 1 unspecified atom stereocenters. The van der Waals surface area contributed by atoms with Crippen LogP contribution in [0.2, 0.25) is 0 Å². The minimum atomic E-state index is -0.385. The van der Waals surface area contributed by atoms with Crippen LogP contribution in [0, 0.1) is 11.3 Å². The fraction of sp³-hybridized carbons (Fsp3) is 0.312. The molecule has 25 heavy (non-hydrogen) atoms. The quantitative estimate of drug-likeness (QED) is 0.546. The number of aromatic nitrogens is 4. The van der Waals surface area contributed by atoms with E-state index in [1.807, 2.05) is 13.0 Å². The van der Waals surface area contributed by atoms with Crippen LogP contribution in [-0.4, -0.2) is 30.9 Å². The molecule has 0 radical (unpaired) electrons. The lowest BCUT2D eigenvalue weighted by Gasteiger charge is -2.12. The summed E-state index contributed by atoms with van der Waals surface area (Å²) in [5.74, 6) is 0.194. The van der Waals surface area contributed by atoms with Crippen molar-refractivity contribution in [1.29, 1.82) is 5.26 Å². The maximum absolute atomic E-state index is 12.5. The van der Waals surface area contributed by atoms with Crippen LogP contribution < -0.4 is 5.32 Å². The van der Waals surface area contributed by atoms with Gasteiger partial charge in [0, 0.05) is 17.3 Å². The molecule has 3 aromatic rings. The van der Waals surface area contributed by atoms with Crippen LogP contribution in [0.4, 0.5) is 5.82 Å². The SMILES string of the molecule is CCc1cc2c(SC(C)C(=O)Nc3c(C#N)cnn3C)ncnc2s1. The van der Waals surface area contributed by atoms with Gasteiger partial charge in [-0.15, -0.1) is 11.3 Å². The van der Waals surface area contributed by atoms with E-state index in [4.69, 9.17) is 5.26 Å². The first-order chi connectivity index (χ1) is 12.0. The molecule has 1 amide bonds. The number of nitriles is 1. The summed E-state index contributed by atoms with van der Waals surface area (Å²) >= 11 is 3.02. The van der Waals surface area contributed by atoms with E-state index in [1.165, 1.54) is 33.8 Å². The van der Waals surface area contributed by atoms with Gasteiger partial charge in [0.1, 0.15) is 33.6 Å². The number of carbonyl (C=O) groups excluding carboxylic acids is 1. The van der Waals surface area contributed by atoms with Crippen molar-refractivity contribution in [2.45, 2.75) is 30.5 Å². The summed E-state index contributed by atoms with van der Waals surface area (Å²) < 4.78 is 1.48. The van der Waals surface area contributed by atoms with E-state index >= 15 is 0 Å². The number of anilines is 1. The highest BCUT2D eigenvalue weighted by Crippen LogP contribution is 2.33. The van der Waals surface area contributed by atoms with Gasteiger partial charge in [-0.1, -0.05) is 18.7 Å².